The zero-order valence-electron chi connectivity index (χ0n) is 16.5. The van der Waals surface area contributed by atoms with Gasteiger partial charge in [0, 0.05) is 11.8 Å². The molecule has 2 aromatic carbocycles. The average molecular weight is 480 g/mol. The van der Waals surface area contributed by atoms with Crippen LogP contribution in [0.1, 0.15) is 31.8 Å². The molecule has 13 heteroatoms. The number of rotatable bonds is 7. The van der Waals surface area contributed by atoms with Crippen molar-refractivity contribution < 1.29 is 19.3 Å². The molecule has 164 valence electrons. The highest BCUT2D eigenvalue weighted by molar-refractivity contribution is 8.00. The Balaban J connectivity index is 1.37. The maximum atomic E-state index is 12.6. The number of hydrogen-bond acceptors (Lipinski definition) is 10. The van der Waals surface area contributed by atoms with E-state index in [1.54, 1.807) is 12.1 Å². The van der Waals surface area contributed by atoms with Crippen LogP contribution in [0, 0.1) is 21.4 Å². The van der Waals surface area contributed by atoms with Gasteiger partial charge >= 0.3 is 0 Å². The molecule has 1 aromatic heterocycles. The average Bonchev–Trinajstić information content (AvgIpc) is 3.35. The Morgan fingerprint density at radius 1 is 1.18 bits per heavy atom. The number of anilines is 1. The quantitative estimate of drug-likeness (QED) is 0.176. The topological polar surface area (TPSA) is 159 Å². The van der Waals surface area contributed by atoms with Crippen molar-refractivity contribution in [1.29, 1.82) is 5.26 Å². The number of benzene rings is 2. The van der Waals surface area contributed by atoms with Gasteiger partial charge in [0.2, 0.25) is 11.0 Å². The van der Waals surface area contributed by atoms with E-state index in [9.17, 15) is 24.5 Å². The summed E-state index contributed by atoms with van der Waals surface area (Å²) in [6.45, 7) is -0.614. The van der Waals surface area contributed by atoms with Crippen LogP contribution in [0.3, 0.4) is 0 Å². The molecule has 11 nitrogen and oxygen atoms in total. The minimum Gasteiger partial charge on any atom is -0.299 e. The Kier molecular flexibility index (Phi) is 6.11. The predicted molar refractivity (Wildman–Crippen MR) is 118 cm³/mol. The molecule has 1 aliphatic heterocycles. The van der Waals surface area contributed by atoms with E-state index in [0.717, 1.165) is 23.0 Å². The number of amides is 3. The van der Waals surface area contributed by atoms with Crippen molar-refractivity contribution in [2.45, 2.75) is 10.1 Å². The number of nitriles is 1. The normalized spacial score (nSPS) is 12.4. The van der Waals surface area contributed by atoms with E-state index < -0.39 is 34.9 Å². The zero-order chi connectivity index (χ0) is 23.5. The summed E-state index contributed by atoms with van der Waals surface area (Å²) < 4.78 is 0.589. The van der Waals surface area contributed by atoms with E-state index in [2.05, 4.69) is 21.6 Å². The number of fused-ring (bicyclic) bond motifs is 1. The highest BCUT2D eigenvalue weighted by Crippen LogP contribution is 2.31. The van der Waals surface area contributed by atoms with Crippen molar-refractivity contribution in [2.24, 2.45) is 0 Å². The van der Waals surface area contributed by atoms with Gasteiger partial charge in [-0.2, -0.15) is 5.26 Å². The number of imide groups is 1. The Morgan fingerprint density at radius 2 is 1.94 bits per heavy atom. The van der Waals surface area contributed by atoms with Crippen molar-refractivity contribution in [3.05, 3.63) is 74.8 Å². The number of carbonyl (C=O) groups excluding carboxylic acids is 3. The Labute approximate surface area is 194 Å². The van der Waals surface area contributed by atoms with Crippen molar-refractivity contribution in [2.75, 3.05) is 11.9 Å². The molecule has 1 aliphatic rings. The van der Waals surface area contributed by atoms with Gasteiger partial charge in [-0.05, 0) is 23.8 Å². The first-order chi connectivity index (χ1) is 15.9. The van der Waals surface area contributed by atoms with Gasteiger partial charge in [-0.25, -0.2) is 0 Å². The summed E-state index contributed by atoms with van der Waals surface area (Å²) >= 11 is 2.51. The molecular formula is C20H12N6O5S2. The van der Waals surface area contributed by atoms with Crippen LogP contribution in [-0.4, -0.2) is 44.3 Å². The Hall–Kier alpha value is -4.15. The molecule has 0 saturated carbocycles. The first kappa shape index (κ1) is 22.1. The second-order valence-corrected chi connectivity index (χ2v) is 8.87. The fraction of sp³-hybridized carbons (Fsp3) is 0.100. The predicted octanol–water partition coefficient (Wildman–Crippen LogP) is 2.84. The maximum Gasteiger partial charge on any atom is 0.282 e. The highest BCUT2D eigenvalue weighted by Gasteiger charge is 2.41. The van der Waals surface area contributed by atoms with Gasteiger partial charge in [-0.15, -0.1) is 10.2 Å². The van der Waals surface area contributed by atoms with Crippen LogP contribution in [0.15, 0.2) is 46.8 Å². The Morgan fingerprint density at radius 3 is 2.64 bits per heavy atom. The molecule has 0 bridgehead atoms. The second-order valence-electron chi connectivity index (χ2n) is 6.67. The molecule has 2 heterocycles. The summed E-state index contributed by atoms with van der Waals surface area (Å²) in [4.78, 5) is 48.5. The molecule has 0 fully saturated rings. The van der Waals surface area contributed by atoms with Gasteiger partial charge in [0.25, 0.3) is 17.5 Å². The standard InChI is InChI=1S/C20H12N6O5S2/c21-8-11-4-6-12(7-5-11)10-32-20-24-23-19(33-20)22-15(27)9-25-17(28)13-2-1-3-14(26(30)31)16(13)18(25)29/h1-7H,9-10H2,(H,22,23,27). The van der Waals surface area contributed by atoms with E-state index in [1.807, 2.05) is 12.1 Å². The summed E-state index contributed by atoms with van der Waals surface area (Å²) in [6.07, 6.45) is 0. The minimum absolute atomic E-state index is 0.112. The van der Waals surface area contributed by atoms with Gasteiger partial charge in [-0.1, -0.05) is 41.3 Å². The third-order valence-corrected chi connectivity index (χ3v) is 6.62. The molecule has 0 saturated heterocycles. The molecule has 0 spiro atoms. The van der Waals surface area contributed by atoms with Crippen molar-refractivity contribution in [3.63, 3.8) is 0 Å². The van der Waals surface area contributed by atoms with Crippen LogP contribution < -0.4 is 5.32 Å². The molecular weight excluding hydrogens is 468 g/mol. The number of nitrogens with zero attached hydrogens (tertiary/aromatic N) is 5. The monoisotopic (exact) mass is 480 g/mol. The fourth-order valence-electron chi connectivity index (χ4n) is 3.05. The van der Waals surface area contributed by atoms with Crippen molar-refractivity contribution in [3.8, 4) is 6.07 Å². The molecule has 1 N–H and O–H groups in total. The molecule has 4 rings (SSSR count). The molecule has 0 unspecified atom stereocenters. The van der Waals surface area contributed by atoms with Gasteiger partial charge in [0.15, 0.2) is 4.34 Å². The van der Waals surface area contributed by atoms with Crippen LogP contribution in [0.5, 0.6) is 0 Å². The number of nitro benzene ring substituents is 1. The highest BCUT2D eigenvalue weighted by atomic mass is 32.2. The smallest absolute Gasteiger partial charge is 0.282 e. The zero-order valence-corrected chi connectivity index (χ0v) is 18.2. The lowest BCUT2D eigenvalue weighted by Crippen LogP contribution is -2.37. The number of aromatic nitrogens is 2. The lowest BCUT2D eigenvalue weighted by Gasteiger charge is -2.12. The molecule has 33 heavy (non-hydrogen) atoms. The summed E-state index contributed by atoms with van der Waals surface area (Å²) in [6, 6.07) is 12.9. The van der Waals surface area contributed by atoms with E-state index >= 15 is 0 Å². The van der Waals surface area contributed by atoms with Gasteiger partial charge < -0.3 is 0 Å². The van der Waals surface area contributed by atoms with Crippen molar-refractivity contribution in [1.82, 2.24) is 15.1 Å². The molecule has 0 aliphatic carbocycles. The summed E-state index contributed by atoms with van der Waals surface area (Å²) in [5.41, 5.74) is 0.635. The van der Waals surface area contributed by atoms with Gasteiger partial charge in [-0.3, -0.25) is 34.7 Å². The second kappa shape index (κ2) is 9.15. The van der Waals surface area contributed by atoms with E-state index in [4.69, 9.17) is 5.26 Å². The summed E-state index contributed by atoms with van der Waals surface area (Å²) in [7, 11) is 0. The van der Waals surface area contributed by atoms with Crippen LogP contribution in [-0.2, 0) is 10.5 Å². The first-order valence-electron chi connectivity index (χ1n) is 9.26. The number of carbonyl (C=O) groups is 3. The largest absolute Gasteiger partial charge is 0.299 e. The number of hydrogen-bond donors (Lipinski definition) is 1. The van der Waals surface area contributed by atoms with Crippen LogP contribution >= 0.6 is 23.1 Å². The van der Waals surface area contributed by atoms with E-state index in [1.165, 1.54) is 23.9 Å². The third kappa shape index (κ3) is 4.56. The number of nitro groups is 1. The number of thioether (sulfide) groups is 1. The lowest BCUT2D eigenvalue weighted by molar-refractivity contribution is -0.385. The van der Waals surface area contributed by atoms with Gasteiger partial charge in [0.1, 0.15) is 12.1 Å². The lowest BCUT2D eigenvalue weighted by atomic mass is 10.1. The molecule has 3 amide bonds. The summed E-state index contributed by atoms with van der Waals surface area (Å²) in [5, 5.41) is 30.5. The Bertz CT molecular complexity index is 1330. The third-order valence-electron chi connectivity index (χ3n) is 4.57. The molecule has 0 radical (unpaired) electrons. The van der Waals surface area contributed by atoms with Crippen LogP contribution in [0.4, 0.5) is 10.8 Å². The molecule has 0 atom stereocenters. The number of nitrogens with one attached hydrogen (secondary N) is 1. The van der Waals surface area contributed by atoms with E-state index in [-0.39, 0.29) is 16.3 Å². The molecule has 3 aromatic rings. The van der Waals surface area contributed by atoms with Crippen LogP contribution in [0.2, 0.25) is 0 Å². The summed E-state index contributed by atoms with van der Waals surface area (Å²) in [5.74, 6) is -1.77. The first-order valence-corrected chi connectivity index (χ1v) is 11.1. The van der Waals surface area contributed by atoms with Crippen LogP contribution in [0.25, 0.3) is 0 Å². The SMILES string of the molecule is N#Cc1ccc(CSc2nnc(NC(=O)CN3C(=O)c4cccc([N+](=O)[O-])c4C3=O)s2)cc1. The van der Waals surface area contributed by atoms with E-state index in [0.29, 0.717) is 20.6 Å². The van der Waals surface area contributed by atoms with Gasteiger partial charge in [0.05, 0.1) is 22.1 Å². The fourth-order valence-corrected chi connectivity index (χ4v) is 4.78. The minimum atomic E-state index is -0.895. The maximum absolute atomic E-state index is 12.6. The van der Waals surface area contributed by atoms with Crippen molar-refractivity contribution >= 4 is 51.6 Å².